The van der Waals surface area contributed by atoms with Crippen molar-refractivity contribution in [2.75, 3.05) is 13.1 Å². The summed E-state index contributed by atoms with van der Waals surface area (Å²) in [6, 6.07) is 9.59. The molecule has 0 saturated carbocycles. The van der Waals surface area contributed by atoms with E-state index < -0.39 is 23.5 Å². The van der Waals surface area contributed by atoms with E-state index in [2.05, 4.69) is 51.3 Å². The highest BCUT2D eigenvalue weighted by molar-refractivity contribution is 5.54. The lowest BCUT2D eigenvalue weighted by atomic mass is 9.70. The monoisotopic (exact) mass is 566 g/mol. The molecule has 0 unspecified atom stereocenters. The van der Waals surface area contributed by atoms with Crippen LogP contribution in [0.15, 0.2) is 54.7 Å². The predicted molar refractivity (Wildman–Crippen MR) is 138 cm³/mol. The van der Waals surface area contributed by atoms with Crippen LogP contribution in [0.1, 0.15) is 55.4 Å². The van der Waals surface area contributed by atoms with Crippen LogP contribution in [0.2, 0.25) is 0 Å². The van der Waals surface area contributed by atoms with E-state index >= 15 is 0 Å². The summed E-state index contributed by atoms with van der Waals surface area (Å²) in [4.78, 5) is 2.33. The quantitative estimate of drug-likeness (QED) is 0.278. The van der Waals surface area contributed by atoms with Gasteiger partial charge in [-0.15, -0.1) is 10.2 Å². The van der Waals surface area contributed by atoms with Crippen molar-refractivity contribution in [1.29, 1.82) is 0 Å². The molecule has 0 radical (unpaired) electrons. The van der Waals surface area contributed by atoms with Gasteiger partial charge in [0.25, 0.3) is 0 Å². The molecule has 2 aromatic carbocycles. The first-order chi connectivity index (χ1) is 18.7. The van der Waals surface area contributed by atoms with Crippen molar-refractivity contribution in [1.82, 2.24) is 30.8 Å². The number of aromatic nitrogens is 4. The Labute approximate surface area is 228 Å². The highest BCUT2D eigenvalue weighted by atomic mass is 19.4. The molecule has 216 valence electrons. The molecule has 1 aromatic heterocycles. The zero-order chi connectivity index (χ0) is 29.1. The third kappa shape index (κ3) is 7.21. The van der Waals surface area contributed by atoms with E-state index in [-0.39, 0.29) is 23.6 Å². The number of benzene rings is 2. The second-order valence-corrected chi connectivity index (χ2v) is 10.8. The van der Waals surface area contributed by atoms with E-state index in [1.54, 1.807) is 0 Å². The van der Waals surface area contributed by atoms with Crippen molar-refractivity contribution >= 4 is 0 Å². The second kappa shape index (κ2) is 11.6. The number of alkyl halides is 6. The van der Waals surface area contributed by atoms with Crippen molar-refractivity contribution in [3.05, 3.63) is 77.0 Å². The number of aromatic amines is 1. The second-order valence-electron chi connectivity index (χ2n) is 10.8. The van der Waals surface area contributed by atoms with E-state index in [4.69, 9.17) is 0 Å². The van der Waals surface area contributed by atoms with Crippen LogP contribution in [0.25, 0.3) is 11.4 Å². The van der Waals surface area contributed by atoms with Gasteiger partial charge in [0.15, 0.2) is 0 Å². The van der Waals surface area contributed by atoms with Crippen molar-refractivity contribution in [2.24, 2.45) is 11.3 Å². The number of hydrogen-bond acceptors (Lipinski definition) is 5. The minimum atomic E-state index is -4.88. The summed E-state index contributed by atoms with van der Waals surface area (Å²) >= 11 is 0. The van der Waals surface area contributed by atoms with Crippen molar-refractivity contribution in [3.63, 3.8) is 0 Å². The molecule has 40 heavy (non-hydrogen) atoms. The molecule has 0 atom stereocenters. The Morgan fingerprint density at radius 2 is 1.57 bits per heavy atom. The summed E-state index contributed by atoms with van der Waals surface area (Å²) in [6.45, 7) is 10.5. The maximum atomic E-state index is 13.3. The molecule has 6 nitrogen and oxygen atoms in total. The molecule has 1 fully saturated rings. The van der Waals surface area contributed by atoms with Gasteiger partial charge in [-0.2, -0.15) is 31.6 Å². The Hall–Kier alpha value is -3.41. The minimum Gasteiger partial charge on any atom is -0.384 e. The number of allylic oxidation sites excluding steroid dienone is 1. The van der Waals surface area contributed by atoms with Crippen LogP contribution < -0.4 is 5.32 Å². The maximum Gasteiger partial charge on any atom is 0.416 e. The molecule has 0 amide bonds. The molecule has 3 aromatic rings. The van der Waals surface area contributed by atoms with E-state index in [1.165, 1.54) is 0 Å². The normalized spacial score (nSPS) is 16.3. The fraction of sp³-hybridized carbons (Fsp3) is 0.464. The molecule has 2 N–H and O–H groups in total. The number of H-pyrrole nitrogens is 1. The molecule has 2 heterocycles. The number of likely N-dealkylation sites (tertiary alicyclic amines) is 1. The number of rotatable bonds is 9. The number of nitrogens with zero attached hydrogens (tertiary/aromatic N) is 4. The SMILES string of the molecule is C=C(NCc1cc(C(F)(F)F)cc(C(F)(F)F)c1)C1(CC(C)C)CCN(Cc2ccc(-c3nn[nH]n3)cc2)CC1. The van der Waals surface area contributed by atoms with Gasteiger partial charge in [-0.1, -0.05) is 44.7 Å². The molecular formula is C28H32F6N6. The van der Waals surface area contributed by atoms with Gasteiger partial charge < -0.3 is 5.32 Å². The molecule has 0 aliphatic carbocycles. The number of tetrazole rings is 1. The average molecular weight is 567 g/mol. The zero-order valence-electron chi connectivity index (χ0n) is 22.3. The van der Waals surface area contributed by atoms with Crippen LogP contribution in [0.5, 0.6) is 0 Å². The van der Waals surface area contributed by atoms with E-state index in [9.17, 15) is 26.3 Å². The van der Waals surface area contributed by atoms with Crippen LogP contribution in [-0.4, -0.2) is 38.6 Å². The van der Waals surface area contributed by atoms with Gasteiger partial charge >= 0.3 is 12.4 Å². The number of hydrogen-bond donors (Lipinski definition) is 2. The fourth-order valence-electron chi connectivity index (χ4n) is 5.37. The van der Waals surface area contributed by atoms with Crippen LogP contribution in [-0.2, 0) is 25.4 Å². The van der Waals surface area contributed by atoms with Crippen molar-refractivity contribution < 1.29 is 26.3 Å². The predicted octanol–water partition coefficient (Wildman–Crippen LogP) is 6.84. The highest BCUT2D eigenvalue weighted by Crippen LogP contribution is 2.43. The summed E-state index contributed by atoms with van der Waals surface area (Å²) in [7, 11) is 0. The molecule has 4 rings (SSSR count). The summed E-state index contributed by atoms with van der Waals surface area (Å²) < 4.78 is 79.7. The Morgan fingerprint density at radius 1 is 0.975 bits per heavy atom. The minimum absolute atomic E-state index is 0.0929. The van der Waals surface area contributed by atoms with Gasteiger partial charge in [0, 0.05) is 29.8 Å². The number of halogens is 6. The van der Waals surface area contributed by atoms with Crippen LogP contribution in [0.3, 0.4) is 0 Å². The van der Waals surface area contributed by atoms with Gasteiger partial charge in [-0.05, 0) is 72.8 Å². The van der Waals surface area contributed by atoms with Gasteiger partial charge in [0.2, 0.25) is 5.82 Å². The largest absolute Gasteiger partial charge is 0.416 e. The third-order valence-electron chi connectivity index (χ3n) is 7.37. The van der Waals surface area contributed by atoms with Crippen LogP contribution >= 0.6 is 0 Å². The maximum absolute atomic E-state index is 13.3. The molecule has 0 spiro atoms. The molecule has 1 aliphatic rings. The summed E-state index contributed by atoms with van der Waals surface area (Å²) in [5, 5.41) is 17.1. The lowest BCUT2D eigenvalue weighted by molar-refractivity contribution is -0.143. The first-order valence-corrected chi connectivity index (χ1v) is 13.0. The number of piperidine rings is 1. The van der Waals surface area contributed by atoms with E-state index in [1.807, 2.05) is 24.3 Å². The lowest BCUT2D eigenvalue weighted by Crippen LogP contribution is -2.43. The summed E-state index contributed by atoms with van der Waals surface area (Å²) in [6.07, 6.45) is -7.41. The molecule has 1 saturated heterocycles. The Bertz CT molecular complexity index is 1240. The van der Waals surface area contributed by atoms with Gasteiger partial charge in [0.1, 0.15) is 0 Å². The first kappa shape index (κ1) is 29.6. The smallest absolute Gasteiger partial charge is 0.384 e. The van der Waals surface area contributed by atoms with Gasteiger partial charge in [-0.3, -0.25) is 4.90 Å². The van der Waals surface area contributed by atoms with Crippen molar-refractivity contribution in [2.45, 2.75) is 58.6 Å². The van der Waals surface area contributed by atoms with Gasteiger partial charge in [0.05, 0.1) is 11.1 Å². The van der Waals surface area contributed by atoms with E-state index in [0.717, 1.165) is 62.2 Å². The summed E-state index contributed by atoms with van der Waals surface area (Å²) in [5.74, 6) is 0.849. The van der Waals surface area contributed by atoms with Crippen LogP contribution in [0, 0.1) is 11.3 Å². The third-order valence-corrected chi connectivity index (χ3v) is 7.37. The standard InChI is InChI=1S/C28H32F6N6/c1-18(2)15-26(19(3)35-16-21-12-23(27(29,30)31)14-24(13-21)28(32,33)34)8-10-40(11-9-26)17-20-4-6-22(7-5-20)25-36-38-39-37-25/h4-7,12-14,18,35H,3,8-11,15-17H2,1-2H3,(H,36,37,38,39). The first-order valence-electron chi connectivity index (χ1n) is 13.0. The topological polar surface area (TPSA) is 69.7 Å². The average Bonchev–Trinajstić information content (AvgIpc) is 3.42. The van der Waals surface area contributed by atoms with Crippen molar-refractivity contribution in [3.8, 4) is 11.4 Å². The van der Waals surface area contributed by atoms with Gasteiger partial charge in [-0.25, -0.2) is 0 Å². The summed E-state index contributed by atoms with van der Waals surface area (Å²) in [5.41, 5.74) is -0.411. The highest BCUT2D eigenvalue weighted by Gasteiger charge is 2.39. The Morgan fingerprint density at radius 3 is 2.08 bits per heavy atom. The molecule has 1 aliphatic heterocycles. The molecular weight excluding hydrogens is 534 g/mol. The fourth-order valence-corrected chi connectivity index (χ4v) is 5.37. The number of nitrogens with one attached hydrogen (secondary N) is 2. The Balaban J connectivity index is 1.42. The zero-order valence-corrected chi connectivity index (χ0v) is 22.3. The molecule has 0 bridgehead atoms. The van der Waals surface area contributed by atoms with Crippen LogP contribution in [0.4, 0.5) is 26.3 Å². The molecule has 12 heteroatoms. The lowest BCUT2D eigenvalue weighted by Gasteiger charge is -2.44. The van der Waals surface area contributed by atoms with E-state index in [0.29, 0.717) is 17.4 Å². The Kier molecular flexibility index (Phi) is 8.57.